The average Bonchev–Trinajstić information content (AvgIpc) is 1.65. The molecule has 0 aromatic heterocycles. The van der Waals surface area contributed by atoms with Gasteiger partial charge in [-0.3, -0.25) is 0 Å². The number of hydrogen-bond acceptors (Lipinski definition) is 3. The molecule has 0 radical (unpaired) electrons. The minimum absolute atomic E-state index is 0.139. The first-order chi connectivity index (χ1) is 3.66. The molecule has 0 spiro atoms. The highest BCUT2D eigenvalue weighted by Gasteiger charge is 2.08. The molecule has 4 N–H and O–H groups in total. The van der Waals surface area contributed by atoms with Crippen LogP contribution in [0.2, 0.25) is 0 Å². The van der Waals surface area contributed by atoms with Crippen LogP contribution < -0.4 is 5.73 Å². The van der Waals surface area contributed by atoms with Gasteiger partial charge in [0.1, 0.15) is 6.17 Å². The molecule has 3 nitrogen and oxygen atoms in total. The molecule has 5 heteroatoms. The Morgan fingerprint density at radius 3 is 2.25 bits per heavy atom. The molecule has 0 aliphatic carbocycles. The van der Waals surface area contributed by atoms with Crippen LogP contribution in [0.15, 0.2) is 0 Å². The van der Waals surface area contributed by atoms with Gasteiger partial charge in [-0.2, -0.15) is 0 Å². The third-order valence-electron chi connectivity index (χ3n) is 0.617. The van der Waals surface area contributed by atoms with Gasteiger partial charge in [-0.05, 0) is 0 Å². The molecule has 0 saturated carbocycles. The van der Waals surface area contributed by atoms with Crippen molar-refractivity contribution in [3.05, 3.63) is 0 Å². The van der Waals surface area contributed by atoms with E-state index in [1.807, 2.05) is 0 Å². The molecule has 0 bridgehead atoms. The van der Waals surface area contributed by atoms with E-state index in [1.54, 1.807) is 0 Å². The van der Waals surface area contributed by atoms with Gasteiger partial charge in [-0.1, -0.05) is 0 Å². The summed E-state index contributed by atoms with van der Waals surface area (Å²) in [6.07, 6.45) is -1.50. The van der Waals surface area contributed by atoms with Crippen LogP contribution >= 0.6 is 8.38 Å². The molecular weight excluding hydrogens is 132 g/mol. The van der Waals surface area contributed by atoms with Crippen molar-refractivity contribution in [1.82, 2.24) is 0 Å². The summed E-state index contributed by atoms with van der Waals surface area (Å²) in [6.45, 7) is -0.139. The Kier molecular flexibility index (Phi) is 4.28. The molecule has 0 aromatic rings. The Morgan fingerprint density at radius 1 is 1.62 bits per heavy atom. The molecule has 0 rings (SSSR count). The van der Waals surface area contributed by atoms with Crippen molar-refractivity contribution in [2.24, 2.45) is 5.73 Å². The minimum atomic E-state index is -2.10. The lowest BCUT2D eigenvalue weighted by atomic mass is 10.5. The fourth-order valence-corrected chi connectivity index (χ4v) is 0.755. The van der Waals surface area contributed by atoms with Crippen LogP contribution in [-0.2, 0) is 0 Å². The molecular formula is C3H9FNO2P. The topological polar surface area (TPSA) is 66.5 Å². The zero-order valence-electron chi connectivity index (χ0n) is 4.29. The fraction of sp³-hybridized carbons (Fsp3) is 1.00. The predicted octanol–water partition coefficient (Wildman–Crippen LogP) is -0.420. The molecule has 0 aliphatic rings. The van der Waals surface area contributed by atoms with E-state index in [0.717, 1.165) is 0 Å². The summed E-state index contributed by atoms with van der Waals surface area (Å²) < 4.78 is 12.0. The second-order valence-electron chi connectivity index (χ2n) is 1.39. The third kappa shape index (κ3) is 4.40. The summed E-state index contributed by atoms with van der Waals surface area (Å²) in [4.78, 5) is 16.4. The van der Waals surface area contributed by atoms with Gasteiger partial charge in [-0.15, -0.1) is 0 Å². The number of rotatable bonds is 3. The number of nitrogens with two attached hydrogens (primary N) is 1. The van der Waals surface area contributed by atoms with Crippen molar-refractivity contribution in [1.29, 1.82) is 0 Å². The zero-order chi connectivity index (χ0) is 6.57. The second kappa shape index (κ2) is 4.15. The standard InChI is InChI=1S/C3H9FNO2P/c4-3(1-5)2-8(6)7/h3,6-7H,1-2,5H2. The molecule has 0 fully saturated rings. The van der Waals surface area contributed by atoms with Crippen LogP contribution in [0.25, 0.3) is 0 Å². The van der Waals surface area contributed by atoms with Crippen molar-refractivity contribution in [3.8, 4) is 0 Å². The largest absolute Gasteiger partial charge is 0.350 e. The minimum Gasteiger partial charge on any atom is -0.350 e. The van der Waals surface area contributed by atoms with Gasteiger partial charge in [0.2, 0.25) is 0 Å². The first-order valence-electron chi connectivity index (χ1n) is 2.16. The van der Waals surface area contributed by atoms with E-state index in [9.17, 15) is 4.39 Å². The molecule has 0 heterocycles. The van der Waals surface area contributed by atoms with Gasteiger partial charge in [0.25, 0.3) is 0 Å². The Morgan fingerprint density at radius 2 is 2.12 bits per heavy atom. The Bertz CT molecular complexity index is 63.2. The number of hydrogen-bond donors (Lipinski definition) is 3. The molecule has 1 unspecified atom stereocenters. The van der Waals surface area contributed by atoms with Gasteiger partial charge in [0.15, 0.2) is 8.38 Å². The summed E-state index contributed by atoms with van der Waals surface area (Å²) in [5, 5.41) is 0. The molecule has 0 aliphatic heterocycles. The predicted molar refractivity (Wildman–Crippen MR) is 30.2 cm³/mol. The van der Waals surface area contributed by atoms with Gasteiger partial charge >= 0.3 is 0 Å². The van der Waals surface area contributed by atoms with E-state index in [2.05, 4.69) is 0 Å². The molecule has 50 valence electrons. The maximum absolute atomic E-state index is 12.0. The lowest BCUT2D eigenvalue weighted by Crippen LogP contribution is -2.17. The van der Waals surface area contributed by atoms with Crippen LogP contribution in [0.3, 0.4) is 0 Å². The Balaban J connectivity index is 3.10. The lowest BCUT2D eigenvalue weighted by molar-refractivity contribution is 0.358. The molecule has 8 heavy (non-hydrogen) atoms. The summed E-state index contributed by atoms with van der Waals surface area (Å²) in [5.74, 6) is 0. The summed E-state index contributed by atoms with van der Waals surface area (Å²) in [7, 11) is -2.10. The summed E-state index contributed by atoms with van der Waals surface area (Å²) in [6, 6.07) is 0. The van der Waals surface area contributed by atoms with Crippen LogP contribution in [0.5, 0.6) is 0 Å². The van der Waals surface area contributed by atoms with Crippen molar-refractivity contribution in [2.75, 3.05) is 12.7 Å². The highest BCUT2D eigenvalue weighted by molar-refractivity contribution is 7.45. The smallest absolute Gasteiger partial charge is 0.167 e. The van der Waals surface area contributed by atoms with E-state index < -0.39 is 14.5 Å². The van der Waals surface area contributed by atoms with Gasteiger partial charge in [0, 0.05) is 12.7 Å². The Hall–Kier alpha value is 0.240. The van der Waals surface area contributed by atoms with Crippen LogP contribution in [0.1, 0.15) is 0 Å². The van der Waals surface area contributed by atoms with Crippen molar-refractivity contribution >= 4 is 8.38 Å². The van der Waals surface area contributed by atoms with Gasteiger partial charge in [0.05, 0.1) is 0 Å². The highest BCUT2D eigenvalue weighted by Crippen LogP contribution is 2.24. The lowest BCUT2D eigenvalue weighted by Gasteiger charge is -2.03. The first-order valence-corrected chi connectivity index (χ1v) is 3.59. The molecule has 1 atom stereocenters. The van der Waals surface area contributed by atoms with E-state index in [1.165, 1.54) is 0 Å². The van der Waals surface area contributed by atoms with Crippen molar-refractivity contribution < 1.29 is 14.2 Å². The van der Waals surface area contributed by atoms with E-state index in [-0.39, 0.29) is 12.7 Å². The zero-order valence-corrected chi connectivity index (χ0v) is 5.18. The average molecular weight is 141 g/mol. The number of alkyl halides is 1. The molecule has 0 amide bonds. The maximum atomic E-state index is 12.0. The first kappa shape index (κ1) is 8.24. The fourth-order valence-electron chi connectivity index (χ4n) is 0.252. The van der Waals surface area contributed by atoms with E-state index in [0.29, 0.717) is 0 Å². The summed E-state index contributed by atoms with van der Waals surface area (Å²) >= 11 is 0. The number of halogens is 1. The van der Waals surface area contributed by atoms with E-state index >= 15 is 0 Å². The van der Waals surface area contributed by atoms with Gasteiger partial charge in [-0.25, -0.2) is 4.39 Å². The quantitative estimate of drug-likeness (QED) is 0.467. The Labute approximate surface area is 48.2 Å². The maximum Gasteiger partial charge on any atom is 0.167 e. The second-order valence-corrected chi connectivity index (χ2v) is 2.50. The van der Waals surface area contributed by atoms with Crippen molar-refractivity contribution in [3.63, 3.8) is 0 Å². The van der Waals surface area contributed by atoms with Crippen LogP contribution in [0.4, 0.5) is 4.39 Å². The van der Waals surface area contributed by atoms with Crippen LogP contribution in [0, 0.1) is 0 Å². The van der Waals surface area contributed by atoms with Crippen LogP contribution in [-0.4, -0.2) is 28.7 Å². The van der Waals surface area contributed by atoms with E-state index in [4.69, 9.17) is 15.5 Å². The normalized spacial score (nSPS) is 14.6. The molecule has 0 aromatic carbocycles. The SMILES string of the molecule is NCC(F)CP(O)O. The molecule has 0 saturated heterocycles. The highest BCUT2D eigenvalue weighted by atomic mass is 31.2. The van der Waals surface area contributed by atoms with Gasteiger partial charge < -0.3 is 15.5 Å². The summed E-state index contributed by atoms with van der Waals surface area (Å²) in [5.41, 5.74) is 4.83. The monoisotopic (exact) mass is 141 g/mol. The van der Waals surface area contributed by atoms with Crippen molar-refractivity contribution in [2.45, 2.75) is 6.17 Å². The third-order valence-corrected chi connectivity index (χ3v) is 1.34.